The number of sulfonamides is 1. The van der Waals surface area contributed by atoms with Crippen LogP contribution in [0.4, 0.5) is 0 Å². The van der Waals surface area contributed by atoms with E-state index < -0.39 is 10.0 Å². The summed E-state index contributed by atoms with van der Waals surface area (Å²) in [6.45, 7) is 4.71. The molecule has 106 valence electrons. The Hall–Kier alpha value is -0.690. The van der Waals surface area contributed by atoms with E-state index in [1.54, 1.807) is 0 Å². The van der Waals surface area contributed by atoms with E-state index >= 15 is 0 Å². The maximum Gasteiger partial charge on any atom is 0.241 e. The van der Waals surface area contributed by atoms with Crippen molar-refractivity contribution in [2.24, 2.45) is 0 Å². The lowest BCUT2D eigenvalue weighted by Gasteiger charge is -2.21. The van der Waals surface area contributed by atoms with Gasteiger partial charge in [0.25, 0.3) is 0 Å². The van der Waals surface area contributed by atoms with E-state index in [1.807, 2.05) is 6.92 Å². The van der Waals surface area contributed by atoms with Gasteiger partial charge in [-0.05, 0) is 45.0 Å². The second kappa shape index (κ2) is 6.17. The zero-order valence-electron chi connectivity index (χ0n) is 10.8. The molecule has 19 heavy (non-hydrogen) atoms. The summed E-state index contributed by atoms with van der Waals surface area (Å²) in [6.07, 6.45) is 3.78. The first kappa shape index (κ1) is 14.7. The highest BCUT2D eigenvalue weighted by Gasteiger charge is 2.20. The van der Waals surface area contributed by atoms with E-state index in [1.165, 1.54) is 31.2 Å². The fourth-order valence-corrected chi connectivity index (χ4v) is 3.76. The molecular formula is C12H18ClN3O2S. The summed E-state index contributed by atoms with van der Waals surface area (Å²) in [5, 5.41) is 0.176. The minimum absolute atomic E-state index is 0.130. The number of hydrogen-bond donors (Lipinski definition) is 1. The molecule has 1 atom stereocenters. The van der Waals surface area contributed by atoms with E-state index in [0.29, 0.717) is 0 Å². The Kier molecular flexibility index (Phi) is 4.78. The summed E-state index contributed by atoms with van der Waals surface area (Å²) in [7, 11) is -3.52. The van der Waals surface area contributed by atoms with Gasteiger partial charge in [0, 0.05) is 18.8 Å². The van der Waals surface area contributed by atoms with Gasteiger partial charge in [0.15, 0.2) is 0 Å². The molecule has 2 heterocycles. The molecule has 0 aromatic carbocycles. The van der Waals surface area contributed by atoms with E-state index in [2.05, 4.69) is 14.6 Å². The van der Waals surface area contributed by atoms with Crippen molar-refractivity contribution in [3.8, 4) is 0 Å². The van der Waals surface area contributed by atoms with E-state index in [9.17, 15) is 8.42 Å². The van der Waals surface area contributed by atoms with Crippen molar-refractivity contribution < 1.29 is 8.42 Å². The molecule has 0 bridgehead atoms. The van der Waals surface area contributed by atoms with Crippen molar-refractivity contribution in [3.63, 3.8) is 0 Å². The van der Waals surface area contributed by atoms with Crippen molar-refractivity contribution in [2.45, 2.75) is 30.7 Å². The highest BCUT2D eigenvalue weighted by atomic mass is 35.5. The zero-order chi connectivity index (χ0) is 13.9. The predicted octanol–water partition coefficient (Wildman–Crippen LogP) is 1.50. The summed E-state index contributed by atoms with van der Waals surface area (Å²) in [6, 6.07) is 2.67. The van der Waals surface area contributed by atoms with Gasteiger partial charge in [0.2, 0.25) is 10.0 Å². The molecule has 1 aromatic heterocycles. The minimum Gasteiger partial charge on any atom is -0.302 e. The number of aromatic nitrogens is 1. The maximum atomic E-state index is 12.2. The SMILES string of the molecule is CC(CN1CCCC1)NS(=O)(=O)c1ccnc(Cl)c1. The van der Waals surface area contributed by atoms with Crippen LogP contribution in [0, 0.1) is 0 Å². The average molecular weight is 304 g/mol. The second-order valence-corrected chi connectivity index (χ2v) is 6.95. The molecule has 1 saturated heterocycles. The highest BCUT2D eigenvalue weighted by Crippen LogP contribution is 2.14. The van der Waals surface area contributed by atoms with E-state index in [-0.39, 0.29) is 16.1 Å². The Morgan fingerprint density at radius 2 is 2.16 bits per heavy atom. The number of pyridine rings is 1. The maximum absolute atomic E-state index is 12.2. The van der Waals surface area contributed by atoms with Gasteiger partial charge in [0.1, 0.15) is 5.15 Å². The summed E-state index contributed by atoms with van der Waals surface area (Å²) in [5.74, 6) is 0. The van der Waals surface area contributed by atoms with E-state index in [4.69, 9.17) is 11.6 Å². The number of likely N-dealkylation sites (tertiary alicyclic amines) is 1. The van der Waals surface area contributed by atoms with Gasteiger partial charge in [0.05, 0.1) is 4.90 Å². The third-order valence-electron chi connectivity index (χ3n) is 3.10. The molecule has 1 aromatic rings. The van der Waals surface area contributed by atoms with Crippen molar-refractivity contribution in [2.75, 3.05) is 19.6 Å². The molecular weight excluding hydrogens is 286 g/mol. The quantitative estimate of drug-likeness (QED) is 0.837. The summed E-state index contributed by atoms with van der Waals surface area (Å²) in [5.41, 5.74) is 0. The molecule has 5 nitrogen and oxygen atoms in total. The molecule has 7 heteroatoms. The van der Waals surface area contributed by atoms with Crippen LogP contribution in [0.5, 0.6) is 0 Å². The largest absolute Gasteiger partial charge is 0.302 e. The average Bonchev–Trinajstić information content (AvgIpc) is 2.81. The second-order valence-electron chi connectivity index (χ2n) is 4.84. The Morgan fingerprint density at radius 3 is 2.79 bits per heavy atom. The lowest BCUT2D eigenvalue weighted by molar-refractivity contribution is 0.313. The molecule has 1 fully saturated rings. The first-order chi connectivity index (χ1) is 8.97. The predicted molar refractivity (Wildman–Crippen MR) is 74.7 cm³/mol. The standard InChI is InChI=1S/C12H18ClN3O2S/c1-10(9-16-6-2-3-7-16)15-19(17,18)11-4-5-14-12(13)8-11/h4-5,8,10,15H,2-3,6-7,9H2,1H3. The smallest absolute Gasteiger partial charge is 0.241 e. The van der Waals surface area contributed by atoms with Crippen LogP contribution >= 0.6 is 11.6 Å². The van der Waals surface area contributed by atoms with Gasteiger partial charge in [-0.2, -0.15) is 0 Å². The Morgan fingerprint density at radius 1 is 1.47 bits per heavy atom. The van der Waals surface area contributed by atoms with Crippen molar-refractivity contribution in [1.29, 1.82) is 0 Å². The number of nitrogens with zero attached hydrogens (tertiary/aromatic N) is 2. The van der Waals surface area contributed by atoms with Crippen LogP contribution in [0.1, 0.15) is 19.8 Å². The third-order valence-corrected chi connectivity index (χ3v) is 4.89. The van der Waals surface area contributed by atoms with Crippen molar-refractivity contribution in [1.82, 2.24) is 14.6 Å². The number of hydrogen-bond acceptors (Lipinski definition) is 4. The molecule has 1 unspecified atom stereocenters. The highest BCUT2D eigenvalue weighted by molar-refractivity contribution is 7.89. The van der Waals surface area contributed by atoms with Crippen LogP contribution in [0.3, 0.4) is 0 Å². The molecule has 1 N–H and O–H groups in total. The lowest BCUT2D eigenvalue weighted by Crippen LogP contribution is -2.41. The van der Waals surface area contributed by atoms with Gasteiger partial charge in [-0.15, -0.1) is 0 Å². The van der Waals surface area contributed by atoms with E-state index in [0.717, 1.165) is 19.6 Å². The van der Waals surface area contributed by atoms with Gasteiger partial charge >= 0.3 is 0 Å². The van der Waals surface area contributed by atoms with Crippen LogP contribution in [0.25, 0.3) is 0 Å². The zero-order valence-corrected chi connectivity index (χ0v) is 12.4. The molecule has 0 radical (unpaired) electrons. The van der Waals surface area contributed by atoms with Gasteiger partial charge in [-0.3, -0.25) is 0 Å². The van der Waals surface area contributed by atoms with Gasteiger partial charge in [-0.25, -0.2) is 18.1 Å². The first-order valence-corrected chi connectivity index (χ1v) is 8.20. The molecule has 1 aliphatic rings. The molecule has 0 aliphatic carbocycles. The number of nitrogens with one attached hydrogen (secondary N) is 1. The molecule has 0 amide bonds. The molecule has 0 saturated carbocycles. The fraction of sp³-hybridized carbons (Fsp3) is 0.583. The summed E-state index contributed by atoms with van der Waals surface area (Å²) >= 11 is 5.71. The lowest BCUT2D eigenvalue weighted by atomic mass is 10.3. The number of halogens is 1. The monoisotopic (exact) mass is 303 g/mol. The van der Waals surface area contributed by atoms with Crippen LogP contribution in [0.15, 0.2) is 23.2 Å². The molecule has 1 aliphatic heterocycles. The number of rotatable bonds is 5. The minimum atomic E-state index is -3.52. The van der Waals surface area contributed by atoms with Crippen molar-refractivity contribution in [3.05, 3.63) is 23.5 Å². The summed E-state index contributed by atoms with van der Waals surface area (Å²) < 4.78 is 27.0. The third kappa shape index (κ3) is 4.14. The van der Waals surface area contributed by atoms with Crippen LogP contribution in [-0.2, 0) is 10.0 Å². The fourth-order valence-electron chi connectivity index (χ4n) is 2.27. The van der Waals surface area contributed by atoms with Gasteiger partial charge < -0.3 is 4.90 Å². The Labute approximate surface area is 119 Å². The van der Waals surface area contributed by atoms with Crippen molar-refractivity contribution >= 4 is 21.6 Å². The molecule has 2 rings (SSSR count). The van der Waals surface area contributed by atoms with Gasteiger partial charge in [-0.1, -0.05) is 11.6 Å². The normalized spacial score (nSPS) is 18.6. The molecule has 0 spiro atoms. The first-order valence-electron chi connectivity index (χ1n) is 6.33. The van der Waals surface area contributed by atoms with Crippen LogP contribution in [-0.4, -0.2) is 44.0 Å². The Balaban J connectivity index is 2.00. The van der Waals surface area contributed by atoms with Crippen LogP contribution < -0.4 is 4.72 Å². The Bertz CT molecular complexity index is 530. The topological polar surface area (TPSA) is 62.3 Å². The van der Waals surface area contributed by atoms with Crippen LogP contribution in [0.2, 0.25) is 5.15 Å². The summed E-state index contributed by atoms with van der Waals surface area (Å²) in [4.78, 5) is 6.20.